The van der Waals surface area contributed by atoms with E-state index >= 15 is 0 Å². The summed E-state index contributed by atoms with van der Waals surface area (Å²) in [5.74, 6) is -1.71. The van der Waals surface area contributed by atoms with Crippen molar-refractivity contribution in [3.05, 3.63) is 29.6 Å². The molecule has 0 unspecified atom stereocenters. The van der Waals surface area contributed by atoms with Crippen molar-refractivity contribution in [2.24, 2.45) is 5.73 Å². The number of methoxy groups -OCH3 is 1. The van der Waals surface area contributed by atoms with Gasteiger partial charge >= 0.3 is 5.97 Å². The summed E-state index contributed by atoms with van der Waals surface area (Å²) in [4.78, 5) is 11.0. The topological polar surface area (TPSA) is 72.5 Å². The Labute approximate surface area is 98.6 Å². The fraction of sp³-hybridized carbons (Fsp3) is 0.300. The molecular formula is C10H13ClFNO3. The zero-order valence-electron chi connectivity index (χ0n) is 8.64. The maximum atomic E-state index is 12.9. The van der Waals surface area contributed by atoms with Gasteiger partial charge in [0.25, 0.3) is 0 Å². The number of hydrogen-bond acceptors (Lipinski definition) is 4. The Morgan fingerprint density at radius 2 is 2.25 bits per heavy atom. The number of carbonyl (C=O) groups is 1. The SMILES string of the molecule is COC(=O)[C@@H](N)Cc1ccc(O)c(F)c1.Cl. The van der Waals surface area contributed by atoms with E-state index in [-0.39, 0.29) is 18.8 Å². The molecule has 0 saturated carbocycles. The van der Waals surface area contributed by atoms with Crippen LogP contribution in [0.2, 0.25) is 0 Å². The molecule has 0 saturated heterocycles. The lowest BCUT2D eigenvalue weighted by molar-refractivity contribution is -0.142. The standard InChI is InChI=1S/C10H12FNO3.ClH/c1-15-10(14)8(12)5-6-2-3-9(13)7(11)4-6;/h2-4,8,13H,5,12H2,1H3;1H/t8-;/m0./s1. The third-order valence-electron chi connectivity index (χ3n) is 1.97. The van der Waals surface area contributed by atoms with Crippen LogP contribution in [0.15, 0.2) is 18.2 Å². The first kappa shape index (κ1) is 14.7. The lowest BCUT2D eigenvalue weighted by atomic mass is 10.1. The first-order valence-corrected chi connectivity index (χ1v) is 4.35. The number of aromatic hydroxyl groups is 1. The Morgan fingerprint density at radius 3 is 2.75 bits per heavy atom. The molecule has 0 amide bonds. The van der Waals surface area contributed by atoms with Crippen molar-refractivity contribution in [2.75, 3.05) is 7.11 Å². The quantitative estimate of drug-likeness (QED) is 0.784. The monoisotopic (exact) mass is 249 g/mol. The number of phenols is 1. The molecule has 1 aromatic rings. The minimum absolute atomic E-state index is 0. The van der Waals surface area contributed by atoms with Gasteiger partial charge in [-0.05, 0) is 24.1 Å². The smallest absolute Gasteiger partial charge is 0.322 e. The van der Waals surface area contributed by atoms with Crippen molar-refractivity contribution in [3.8, 4) is 5.75 Å². The van der Waals surface area contributed by atoms with Gasteiger partial charge in [0.1, 0.15) is 6.04 Å². The van der Waals surface area contributed by atoms with E-state index in [1.165, 1.54) is 19.2 Å². The first-order valence-electron chi connectivity index (χ1n) is 4.35. The summed E-state index contributed by atoms with van der Waals surface area (Å²) in [5, 5.41) is 8.94. The molecule has 3 N–H and O–H groups in total. The number of carbonyl (C=O) groups excluding carboxylic acids is 1. The molecule has 1 rings (SSSR count). The number of esters is 1. The van der Waals surface area contributed by atoms with Gasteiger partial charge in [-0.3, -0.25) is 4.79 Å². The van der Waals surface area contributed by atoms with Crippen LogP contribution < -0.4 is 5.73 Å². The van der Waals surface area contributed by atoms with Crippen LogP contribution in [0.3, 0.4) is 0 Å². The van der Waals surface area contributed by atoms with Crippen molar-refractivity contribution in [1.82, 2.24) is 0 Å². The second-order valence-electron chi connectivity index (χ2n) is 3.12. The lowest BCUT2D eigenvalue weighted by Crippen LogP contribution is -2.33. The van der Waals surface area contributed by atoms with Crippen LogP contribution in [-0.2, 0) is 16.0 Å². The van der Waals surface area contributed by atoms with E-state index in [9.17, 15) is 9.18 Å². The minimum Gasteiger partial charge on any atom is -0.505 e. The van der Waals surface area contributed by atoms with Crippen LogP contribution in [0.5, 0.6) is 5.75 Å². The van der Waals surface area contributed by atoms with Gasteiger partial charge < -0.3 is 15.6 Å². The molecule has 1 atom stereocenters. The molecule has 16 heavy (non-hydrogen) atoms. The van der Waals surface area contributed by atoms with Crippen molar-refractivity contribution in [3.63, 3.8) is 0 Å². The second-order valence-corrected chi connectivity index (χ2v) is 3.12. The van der Waals surface area contributed by atoms with Gasteiger partial charge in [-0.15, -0.1) is 12.4 Å². The molecule has 90 valence electrons. The van der Waals surface area contributed by atoms with E-state index in [1.54, 1.807) is 0 Å². The zero-order chi connectivity index (χ0) is 11.4. The maximum absolute atomic E-state index is 12.9. The highest BCUT2D eigenvalue weighted by Gasteiger charge is 2.14. The van der Waals surface area contributed by atoms with Crippen LogP contribution in [0.1, 0.15) is 5.56 Å². The normalized spacial score (nSPS) is 11.4. The Bertz CT molecular complexity index is 373. The van der Waals surface area contributed by atoms with Crippen LogP contribution in [0.4, 0.5) is 4.39 Å². The van der Waals surface area contributed by atoms with Gasteiger partial charge in [0, 0.05) is 0 Å². The Kier molecular flexibility index (Phi) is 5.77. The lowest BCUT2D eigenvalue weighted by Gasteiger charge is -2.09. The number of halogens is 2. The highest BCUT2D eigenvalue weighted by atomic mass is 35.5. The van der Waals surface area contributed by atoms with Crippen LogP contribution in [0, 0.1) is 5.82 Å². The molecule has 4 nitrogen and oxygen atoms in total. The highest BCUT2D eigenvalue weighted by molar-refractivity contribution is 5.85. The van der Waals surface area contributed by atoms with E-state index in [4.69, 9.17) is 10.8 Å². The third-order valence-corrected chi connectivity index (χ3v) is 1.97. The molecule has 0 aliphatic rings. The molecule has 0 aromatic heterocycles. The summed E-state index contributed by atoms with van der Waals surface area (Å²) in [5.41, 5.74) is 6.02. The Hall–Kier alpha value is -1.33. The molecule has 0 fully saturated rings. The number of ether oxygens (including phenoxy) is 1. The number of nitrogens with two attached hydrogens (primary N) is 1. The summed E-state index contributed by atoms with van der Waals surface area (Å²) < 4.78 is 17.3. The Morgan fingerprint density at radius 1 is 1.62 bits per heavy atom. The molecule has 1 aromatic carbocycles. The summed E-state index contributed by atoms with van der Waals surface area (Å²) in [7, 11) is 1.24. The summed E-state index contributed by atoms with van der Waals surface area (Å²) in [6.45, 7) is 0. The van der Waals surface area contributed by atoms with Gasteiger partial charge in [0.2, 0.25) is 0 Å². The maximum Gasteiger partial charge on any atom is 0.322 e. The fourth-order valence-corrected chi connectivity index (χ4v) is 1.17. The average molecular weight is 250 g/mol. The van der Waals surface area contributed by atoms with Crippen LogP contribution >= 0.6 is 12.4 Å². The van der Waals surface area contributed by atoms with Gasteiger partial charge in [-0.1, -0.05) is 6.07 Å². The predicted octanol–water partition coefficient (Wildman–Crippen LogP) is 0.996. The molecule has 0 bridgehead atoms. The average Bonchev–Trinajstić information content (AvgIpc) is 2.22. The summed E-state index contributed by atoms with van der Waals surface area (Å²) in [6.07, 6.45) is 0.171. The minimum atomic E-state index is -0.820. The van der Waals surface area contributed by atoms with E-state index in [1.807, 2.05) is 0 Å². The summed E-state index contributed by atoms with van der Waals surface area (Å²) in [6, 6.07) is 3.03. The predicted molar refractivity (Wildman–Crippen MR) is 59.0 cm³/mol. The van der Waals surface area contributed by atoms with E-state index in [0.717, 1.165) is 6.07 Å². The molecule has 0 heterocycles. The van der Waals surface area contributed by atoms with Crippen LogP contribution in [-0.4, -0.2) is 24.2 Å². The number of hydrogen-bond donors (Lipinski definition) is 2. The van der Waals surface area contributed by atoms with E-state index in [2.05, 4.69) is 4.74 Å². The van der Waals surface area contributed by atoms with Gasteiger partial charge in [0.15, 0.2) is 11.6 Å². The zero-order valence-corrected chi connectivity index (χ0v) is 9.46. The molecule has 6 heteroatoms. The van der Waals surface area contributed by atoms with Crippen molar-refractivity contribution < 1.29 is 19.0 Å². The largest absolute Gasteiger partial charge is 0.505 e. The summed E-state index contributed by atoms with van der Waals surface area (Å²) >= 11 is 0. The fourth-order valence-electron chi connectivity index (χ4n) is 1.17. The molecular weight excluding hydrogens is 237 g/mol. The molecule has 0 radical (unpaired) electrons. The number of phenolic OH excluding ortho intramolecular Hbond substituents is 1. The molecule has 0 aliphatic carbocycles. The third kappa shape index (κ3) is 3.67. The van der Waals surface area contributed by atoms with Crippen molar-refractivity contribution in [1.29, 1.82) is 0 Å². The van der Waals surface area contributed by atoms with E-state index < -0.39 is 23.6 Å². The highest BCUT2D eigenvalue weighted by Crippen LogP contribution is 2.16. The van der Waals surface area contributed by atoms with Crippen molar-refractivity contribution in [2.45, 2.75) is 12.5 Å². The van der Waals surface area contributed by atoms with Crippen molar-refractivity contribution >= 4 is 18.4 Å². The number of rotatable bonds is 3. The Balaban J connectivity index is 0.00000225. The number of benzene rings is 1. The molecule has 0 aliphatic heterocycles. The van der Waals surface area contributed by atoms with Crippen LogP contribution in [0.25, 0.3) is 0 Å². The van der Waals surface area contributed by atoms with Gasteiger partial charge in [-0.25, -0.2) is 4.39 Å². The van der Waals surface area contributed by atoms with Gasteiger partial charge in [0.05, 0.1) is 7.11 Å². The van der Waals surface area contributed by atoms with Gasteiger partial charge in [-0.2, -0.15) is 0 Å². The van der Waals surface area contributed by atoms with E-state index in [0.29, 0.717) is 5.56 Å². The molecule has 0 spiro atoms. The second kappa shape index (κ2) is 6.30. The first-order chi connectivity index (χ1) is 7.04.